The summed E-state index contributed by atoms with van der Waals surface area (Å²) < 4.78 is 5.13. The third-order valence-electron chi connectivity index (χ3n) is 4.29. The minimum absolute atomic E-state index is 0.155. The number of amides is 1. The molecule has 27 heavy (non-hydrogen) atoms. The zero-order chi connectivity index (χ0) is 19.1. The molecule has 5 nitrogen and oxygen atoms in total. The molecule has 1 atom stereocenters. The van der Waals surface area contributed by atoms with Gasteiger partial charge in [-0.25, -0.2) is 4.98 Å². The summed E-state index contributed by atoms with van der Waals surface area (Å²) in [5.41, 5.74) is 3.46. The van der Waals surface area contributed by atoms with E-state index in [9.17, 15) is 4.79 Å². The molecule has 0 fully saturated rings. The Kier molecular flexibility index (Phi) is 6.05. The van der Waals surface area contributed by atoms with Crippen LogP contribution in [0.25, 0.3) is 0 Å². The van der Waals surface area contributed by atoms with Gasteiger partial charge in [0.1, 0.15) is 11.4 Å². The molecule has 2 aromatic carbocycles. The monoisotopic (exact) mass is 361 g/mol. The van der Waals surface area contributed by atoms with Crippen molar-refractivity contribution in [3.8, 4) is 5.75 Å². The molecule has 1 aromatic heterocycles. The third-order valence-corrected chi connectivity index (χ3v) is 4.29. The highest BCUT2D eigenvalue weighted by Crippen LogP contribution is 2.18. The van der Waals surface area contributed by atoms with Crippen molar-refractivity contribution < 1.29 is 9.53 Å². The molecule has 0 saturated heterocycles. The van der Waals surface area contributed by atoms with E-state index < -0.39 is 0 Å². The summed E-state index contributed by atoms with van der Waals surface area (Å²) in [5.74, 6) is 0.591. The smallest absolute Gasteiger partial charge is 0.270 e. The van der Waals surface area contributed by atoms with Gasteiger partial charge in [-0.15, -0.1) is 0 Å². The first kappa shape index (κ1) is 18.5. The van der Waals surface area contributed by atoms with Gasteiger partial charge in [0.15, 0.2) is 0 Å². The second-order valence-electron chi connectivity index (χ2n) is 6.24. The van der Waals surface area contributed by atoms with Crippen LogP contribution in [0.1, 0.15) is 34.6 Å². The van der Waals surface area contributed by atoms with Gasteiger partial charge in [-0.3, -0.25) is 4.79 Å². The van der Waals surface area contributed by atoms with Crippen molar-refractivity contribution in [1.29, 1.82) is 0 Å². The molecule has 1 heterocycles. The Bertz CT molecular complexity index is 862. The lowest BCUT2D eigenvalue weighted by atomic mass is 10.1. The zero-order valence-electron chi connectivity index (χ0n) is 15.5. The van der Waals surface area contributed by atoms with Gasteiger partial charge in [-0.05, 0) is 42.3 Å². The van der Waals surface area contributed by atoms with E-state index in [0.717, 1.165) is 17.0 Å². The zero-order valence-corrected chi connectivity index (χ0v) is 15.5. The molecule has 138 valence electrons. The summed E-state index contributed by atoms with van der Waals surface area (Å²) in [6.45, 7) is 2.53. The minimum Gasteiger partial charge on any atom is -0.497 e. The van der Waals surface area contributed by atoms with E-state index in [4.69, 9.17) is 4.74 Å². The lowest BCUT2D eigenvalue weighted by Gasteiger charge is -2.15. The van der Waals surface area contributed by atoms with Crippen LogP contribution in [0, 0.1) is 0 Å². The van der Waals surface area contributed by atoms with E-state index >= 15 is 0 Å². The number of ether oxygens (including phenoxy) is 1. The summed E-state index contributed by atoms with van der Waals surface area (Å²) in [6.07, 6.45) is 1.68. The predicted octanol–water partition coefficient (Wildman–Crippen LogP) is 4.19. The maximum atomic E-state index is 12.3. The molecule has 0 saturated carbocycles. The fourth-order valence-corrected chi connectivity index (χ4v) is 2.70. The molecular formula is C22H23N3O2. The van der Waals surface area contributed by atoms with Crippen LogP contribution < -0.4 is 15.4 Å². The number of hydrogen-bond acceptors (Lipinski definition) is 4. The topological polar surface area (TPSA) is 63.2 Å². The second-order valence-corrected chi connectivity index (χ2v) is 6.24. The van der Waals surface area contributed by atoms with E-state index in [1.54, 1.807) is 19.4 Å². The molecule has 2 N–H and O–H groups in total. The number of carbonyl (C=O) groups is 1. The Hall–Kier alpha value is -3.34. The van der Waals surface area contributed by atoms with Crippen molar-refractivity contribution in [3.05, 3.63) is 89.7 Å². The Morgan fingerprint density at radius 2 is 1.78 bits per heavy atom. The number of rotatable bonds is 7. The van der Waals surface area contributed by atoms with E-state index in [1.165, 1.54) is 5.56 Å². The van der Waals surface area contributed by atoms with E-state index in [-0.39, 0.29) is 11.9 Å². The van der Waals surface area contributed by atoms with Gasteiger partial charge in [0.05, 0.1) is 19.0 Å². The van der Waals surface area contributed by atoms with Crippen LogP contribution in [-0.4, -0.2) is 18.0 Å². The number of nitrogens with one attached hydrogen (secondary N) is 2. The Balaban J connectivity index is 1.55. The highest BCUT2D eigenvalue weighted by molar-refractivity contribution is 5.92. The first-order valence-corrected chi connectivity index (χ1v) is 8.84. The molecular weight excluding hydrogens is 338 g/mol. The summed E-state index contributed by atoms with van der Waals surface area (Å²) >= 11 is 0. The van der Waals surface area contributed by atoms with Crippen molar-refractivity contribution in [2.75, 3.05) is 12.4 Å². The molecule has 0 aliphatic carbocycles. The predicted molar refractivity (Wildman–Crippen MR) is 107 cm³/mol. The molecule has 1 amide bonds. The molecule has 1 unspecified atom stereocenters. The van der Waals surface area contributed by atoms with Crippen LogP contribution >= 0.6 is 0 Å². The second kappa shape index (κ2) is 8.85. The molecule has 0 bridgehead atoms. The van der Waals surface area contributed by atoms with Gasteiger partial charge < -0.3 is 15.4 Å². The summed E-state index contributed by atoms with van der Waals surface area (Å²) in [5, 5.41) is 6.26. The molecule has 5 heteroatoms. The summed E-state index contributed by atoms with van der Waals surface area (Å²) in [4.78, 5) is 16.5. The third kappa shape index (κ3) is 5.07. The fraction of sp³-hybridized carbons (Fsp3) is 0.182. The molecule has 0 spiro atoms. The van der Waals surface area contributed by atoms with Crippen LogP contribution in [0.15, 0.2) is 72.9 Å². The van der Waals surface area contributed by atoms with Crippen LogP contribution in [-0.2, 0) is 6.54 Å². The van der Waals surface area contributed by atoms with Crippen LogP contribution in [0.3, 0.4) is 0 Å². The van der Waals surface area contributed by atoms with Gasteiger partial charge in [0, 0.05) is 12.6 Å². The Morgan fingerprint density at radius 1 is 1.04 bits per heavy atom. The molecule has 0 radical (unpaired) electrons. The number of benzene rings is 2. The minimum atomic E-state index is -0.200. The van der Waals surface area contributed by atoms with Gasteiger partial charge in [0.2, 0.25) is 0 Å². The Morgan fingerprint density at radius 3 is 2.41 bits per heavy atom. The average molecular weight is 361 g/mol. The van der Waals surface area contributed by atoms with Gasteiger partial charge >= 0.3 is 0 Å². The largest absolute Gasteiger partial charge is 0.497 e. The number of nitrogens with zero attached hydrogens (tertiary/aromatic N) is 1. The summed E-state index contributed by atoms with van der Waals surface area (Å²) in [7, 11) is 1.63. The molecule has 3 rings (SSSR count). The van der Waals surface area contributed by atoms with E-state index in [2.05, 4.69) is 34.7 Å². The fourth-order valence-electron chi connectivity index (χ4n) is 2.70. The SMILES string of the molecule is COc1ccc(CNC(=O)c2ccc(NC(C)c3ccccc3)cn2)cc1. The lowest BCUT2D eigenvalue weighted by Crippen LogP contribution is -2.23. The number of methoxy groups -OCH3 is 1. The van der Waals surface area contributed by atoms with E-state index in [0.29, 0.717) is 12.2 Å². The van der Waals surface area contributed by atoms with Crippen molar-refractivity contribution in [1.82, 2.24) is 10.3 Å². The molecule has 0 aliphatic rings. The number of aromatic nitrogens is 1. The highest BCUT2D eigenvalue weighted by atomic mass is 16.5. The number of pyridine rings is 1. The van der Waals surface area contributed by atoms with Crippen molar-refractivity contribution in [3.63, 3.8) is 0 Å². The van der Waals surface area contributed by atoms with E-state index in [1.807, 2.05) is 48.5 Å². The number of carbonyl (C=O) groups excluding carboxylic acids is 1. The van der Waals surface area contributed by atoms with Crippen LogP contribution in [0.2, 0.25) is 0 Å². The van der Waals surface area contributed by atoms with Gasteiger partial charge in [-0.2, -0.15) is 0 Å². The standard InChI is InChI=1S/C22H23N3O2/c1-16(18-6-4-3-5-7-18)25-19-10-13-21(23-15-19)22(26)24-14-17-8-11-20(27-2)12-9-17/h3-13,15-16,25H,14H2,1-2H3,(H,24,26). The van der Waals surface area contributed by atoms with Crippen molar-refractivity contribution in [2.45, 2.75) is 19.5 Å². The Labute approximate surface area is 159 Å². The first-order chi connectivity index (χ1) is 13.2. The number of anilines is 1. The highest BCUT2D eigenvalue weighted by Gasteiger charge is 2.09. The normalized spacial score (nSPS) is 11.5. The quantitative estimate of drug-likeness (QED) is 0.662. The van der Waals surface area contributed by atoms with Crippen molar-refractivity contribution >= 4 is 11.6 Å². The van der Waals surface area contributed by atoms with Crippen molar-refractivity contribution in [2.24, 2.45) is 0 Å². The average Bonchev–Trinajstić information content (AvgIpc) is 2.73. The maximum absolute atomic E-state index is 12.3. The van der Waals surface area contributed by atoms with Gasteiger partial charge in [0.25, 0.3) is 5.91 Å². The maximum Gasteiger partial charge on any atom is 0.270 e. The van der Waals surface area contributed by atoms with Crippen LogP contribution in [0.4, 0.5) is 5.69 Å². The molecule has 0 aliphatic heterocycles. The first-order valence-electron chi connectivity index (χ1n) is 8.84. The lowest BCUT2D eigenvalue weighted by molar-refractivity contribution is 0.0946. The van der Waals surface area contributed by atoms with Crippen LogP contribution in [0.5, 0.6) is 5.75 Å². The molecule has 3 aromatic rings. The summed E-state index contributed by atoms with van der Waals surface area (Å²) in [6, 6.07) is 21.5. The number of hydrogen-bond donors (Lipinski definition) is 2. The van der Waals surface area contributed by atoms with Gasteiger partial charge in [-0.1, -0.05) is 42.5 Å².